The molecule has 2 rings (SSSR count). The van der Waals surface area contributed by atoms with Crippen LogP contribution in [0, 0.1) is 13.8 Å². The van der Waals surface area contributed by atoms with Crippen molar-refractivity contribution in [3.63, 3.8) is 0 Å². The van der Waals surface area contributed by atoms with Crippen LogP contribution < -0.4 is 11.1 Å². The lowest BCUT2D eigenvalue weighted by Gasteiger charge is -2.08. The minimum atomic E-state index is -3.73. The SMILES string of the molecule is Cc1ccc(N)cc1NC(=O)c1cc(S(=O)(=O)N(C)C)oc1C.Cl. The molecule has 1 aromatic heterocycles. The number of furan rings is 1. The molecule has 0 atom stereocenters. The fourth-order valence-electron chi connectivity index (χ4n) is 1.95. The number of carbonyl (C=O) groups excluding carboxylic acids is 1. The van der Waals surface area contributed by atoms with Gasteiger partial charge < -0.3 is 15.5 Å². The van der Waals surface area contributed by atoms with E-state index in [1.165, 1.54) is 27.1 Å². The van der Waals surface area contributed by atoms with Crippen LogP contribution in [0.3, 0.4) is 0 Å². The fraction of sp³-hybridized carbons (Fsp3) is 0.267. The molecule has 1 amide bonds. The number of halogens is 1. The van der Waals surface area contributed by atoms with Crippen molar-refractivity contribution >= 4 is 39.7 Å². The minimum Gasteiger partial charge on any atom is -0.448 e. The standard InChI is InChI=1S/C15H19N3O4S.ClH/c1-9-5-6-11(16)7-13(9)17-15(19)12-8-14(22-10(12)2)23(20,21)18(3)4;/h5-8H,16H2,1-4H3,(H,17,19);1H. The van der Waals surface area contributed by atoms with E-state index in [0.717, 1.165) is 9.87 Å². The Morgan fingerprint density at radius 3 is 2.42 bits per heavy atom. The Hall–Kier alpha value is -2.03. The van der Waals surface area contributed by atoms with Crippen LogP contribution in [-0.4, -0.2) is 32.7 Å². The second-order valence-electron chi connectivity index (χ2n) is 5.35. The number of hydrogen-bond donors (Lipinski definition) is 2. The molecule has 3 N–H and O–H groups in total. The molecule has 1 heterocycles. The summed E-state index contributed by atoms with van der Waals surface area (Å²) < 4.78 is 30.4. The summed E-state index contributed by atoms with van der Waals surface area (Å²) in [6.45, 7) is 3.37. The normalized spacial score (nSPS) is 11.2. The molecule has 9 heteroatoms. The summed E-state index contributed by atoms with van der Waals surface area (Å²) in [5.41, 5.74) is 7.80. The Kier molecular flexibility index (Phi) is 6.04. The number of nitrogens with zero attached hydrogens (tertiary/aromatic N) is 1. The van der Waals surface area contributed by atoms with E-state index in [4.69, 9.17) is 10.2 Å². The van der Waals surface area contributed by atoms with Crippen LogP contribution in [0.4, 0.5) is 11.4 Å². The molecule has 0 fully saturated rings. The molecule has 0 unspecified atom stereocenters. The van der Waals surface area contributed by atoms with E-state index < -0.39 is 15.9 Å². The first-order valence-electron chi connectivity index (χ1n) is 6.83. The molecule has 132 valence electrons. The van der Waals surface area contributed by atoms with Gasteiger partial charge in [-0.25, -0.2) is 12.7 Å². The van der Waals surface area contributed by atoms with Crippen LogP contribution in [0.2, 0.25) is 0 Å². The van der Waals surface area contributed by atoms with Crippen molar-refractivity contribution in [1.29, 1.82) is 0 Å². The smallest absolute Gasteiger partial charge is 0.275 e. The van der Waals surface area contributed by atoms with Gasteiger partial charge in [-0.05, 0) is 31.5 Å². The number of nitrogens with one attached hydrogen (secondary N) is 1. The van der Waals surface area contributed by atoms with E-state index >= 15 is 0 Å². The first kappa shape index (κ1) is 20.0. The lowest BCUT2D eigenvalue weighted by Crippen LogP contribution is -2.21. The average molecular weight is 374 g/mol. The number of anilines is 2. The molecule has 7 nitrogen and oxygen atoms in total. The number of aryl methyl sites for hydroxylation is 2. The Bertz CT molecular complexity index is 860. The van der Waals surface area contributed by atoms with Gasteiger partial charge in [0.05, 0.1) is 5.56 Å². The van der Waals surface area contributed by atoms with Gasteiger partial charge in [-0.3, -0.25) is 4.79 Å². The monoisotopic (exact) mass is 373 g/mol. The first-order chi connectivity index (χ1) is 10.6. The number of nitrogens with two attached hydrogens (primary N) is 1. The van der Waals surface area contributed by atoms with Crippen molar-refractivity contribution in [2.45, 2.75) is 18.9 Å². The van der Waals surface area contributed by atoms with Gasteiger partial charge >= 0.3 is 0 Å². The van der Waals surface area contributed by atoms with Crippen LogP contribution in [0.15, 0.2) is 33.8 Å². The van der Waals surface area contributed by atoms with Gasteiger partial charge in [0.1, 0.15) is 5.76 Å². The molecular formula is C15H20ClN3O4S. The quantitative estimate of drug-likeness (QED) is 0.800. The van der Waals surface area contributed by atoms with Gasteiger partial charge in [0, 0.05) is 31.5 Å². The van der Waals surface area contributed by atoms with Gasteiger partial charge in [0.2, 0.25) is 5.09 Å². The third-order valence-corrected chi connectivity index (χ3v) is 5.06. The lowest BCUT2D eigenvalue weighted by atomic mass is 10.1. The molecule has 0 aliphatic carbocycles. The third kappa shape index (κ3) is 3.89. The van der Waals surface area contributed by atoms with Gasteiger partial charge in [-0.1, -0.05) is 6.07 Å². The zero-order valence-corrected chi connectivity index (χ0v) is 15.4. The van der Waals surface area contributed by atoms with Gasteiger partial charge in [0.15, 0.2) is 0 Å². The number of benzene rings is 1. The molecule has 0 aliphatic heterocycles. The highest BCUT2D eigenvalue weighted by Gasteiger charge is 2.25. The highest BCUT2D eigenvalue weighted by atomic mass is 35.5. The Balaban J connectivity index is 0.00000288. The van der Waals surface area contributed by atoms with Crippen molar-refractivity contribution in [2.75, 3.05) is 25.1 Å². The summed E-state index contributed by atoms with van der Waals surface area (Å²) >= 11 is 0. The summed E-state index contributed by atoms with van der Waals surface area (Å²) in [6.07, 6.45) is 0. The number of hydrogen-bond acceptors (Lipinski definition) is 5. The van der Waals surface area contributed by atoms with Gasteiger partial charge in [0.25, 0.3) is 15.9 Å². The highest BCUT2D eigenvalue weighted by molar-refractivity contribution is 7.88. The number of nitrogen functional groups attached to an aromatic ring is 1. The molecule has 2 aromatic rings. The first-order valence-corrected chi connectivity index (χ1v) is 8.27. The second kappa shape index (κ2) is 7.25. The van der Waals surface area contributed by atoms with Crippen LogP contribution in [0.5, 0.6) is 0 Å². The Morgan fingerprint density at radius 2 is 1.83 bits per heavy atom. The molecule has 0 bridgehead atoms. The molecule has 0 aliphatic rings. The maximum Gasteiger partial charge on any atom is 0.275 e. The molecule has 0 saturated carbocycles. The van der Waals surface area contributed by atoms with E-state index in [-0.39, 0.29) is 28.8 Å². The van der Waals surface area contributed by atoms with Crippen LogP contribution >= 0.6 is 12.4 Å². The predicted octanol–water partition coefficient (Wildman–Crippen LogP) is 2.40. The van der Waals surface area contributed by atoms with Crippen LogP contribution in [0.1, 0.15) is 21.7 Å². The molecule has 0 spiro atoms. The fourth-order valence-corrected chi connectivity index (χ4v) is 2.81. The van der Waals surface area contributed by atoms with E-state index in [0.29, 0.717) is 11.4 Å². The van der Waals surface area contributed by atoms with Gasteiger partial charge in [-0.2, -0.15) is 0 Å². The summed E-state index contributed by atoms with van der Waals surface area (Å²) in [6, 6.07) is 6.38. The van der Waals surface area contributed by atoms with E-state index in [1.807, 2.05) is 6.92 Å². The topological polar surface area (TPSA) is 106 Å². The van der Waals surface area contributed by atoms with Crippen molar-refractivity contribution in [2.24, 2.45) is 0 Å². The summed E-state index contributed by atoms with van der Waals surface area (Å²) in [5.74, 6) is -0.232. The summed E-state index contributed by atoms with van der Waals surface area (Å²) in [7, 11) is -0.949. The van der Waals surface area contributed by atoms with Crippen molar-refractivity contribution in [1.82, 2.24) is 4.31 Å². The van der Waals surface area contributed by atoms with Crippen molar-refractivity contribution < 1.29 is 17.6 Å². The Morgan fingerprint density at radius 1 is 1.21 bits per heavy atom. The van der Waals surface area contributed by atoms with Crippen molar-refractivity contribution in [3.05, 3.63) is 41.2 Å². The maximum absolute atomic E-state index is 12.4. The van der Waals surface area contributed by atoms with E-state index in [1.54, 1.807) is 18.2 Å². The number of rotatable bonds is 4. The van der Waals surface area contributed by atoms with E-state index in [9.17, 15) is 13.2 Å². The number of amides is 1. The molecule has 1 aromatic carbocycles. The van der Waals surface area contributed by atoms with Gasteiger partial charge in [-0.15, -0.1) is 12.4 Å². The molecular weight excluding hydrogens is 354 g/mol. The number of sulfonamides is 1. The van der Waals surface area contributed by atoms with Crippen LogP contribution in [0.25, 0.3) is 0 Å². The van der Waals surface area contributed by atoms with E-state index in [2.05, 4.69) is 5.32 Å². The zero-order chi connectivity index (χ0) is 17.4. The zero-order valence-electron chi connectivity index (χ0n) is 13.8. The predicted molar refractivity (Wildman–Crippen MR) is 95.1 cm³/mol. The average Bonchev–Trinajstić information content (AvgIpc) is 2.85. The molecule has 0 radical (unpaired) electrons. The van der Waals surface area contributed by atoms with Crippen LogP contribution in [-0.2, 0) is 10.0 Å². The minimum absolute atomic E-state index is 0. The molecule has 0 saturated heterocycles. The third-order valence-electron chi connectivity index (χ3n) is 3.38. The Labute approximate surface area is 147 Å². The maximum atomic E-state index is 12.4. The summed E-state index contributed by atoms with van der Waals surface area (Å²) in [5, 5.41) is 2.45. The second-order valence-corrected chi connectivity index (χ2v) is 7.43. The molecule has 24 heavy (non-hydrogen) atoms. The summed E-state index contributed by atoms with van der Waals surface area (Å²) in [4.78, 5) is 12.4. The largest absolute Gasteiger partial charge is 0.448 e. The van der Waals surface area contributed by atoms with Crippen molar-refractivity contribution in [3.8, 4) is 0 Å². The highest BCUT2D eigenvalue weighted by Crippen LogP contribution is 2.24. The lowest BCUT2D eigenvalue weighted by molar-refractivity contribution is 0.102. The number of carbonyl (C=O) groups is 1.